The molecule has 1 N–H and O–H groups in total. The van der Waals surface area contributed by atoms with Crippen LogP contribution in [0.2, 0.25) is 0 Å². The number of hydrogen-bond donors (Lipinski definition) is 1. The normalized spacial score (nSPS) is 24.8. The number of halogens is 7. The van der Waals surface area contributed by atoms with E-state index in [0.29, 0.717) is 27.1 Å². The van der Waals surface area contributed by atoms with Crippen molar-refractivity contribution in [1.82, 2.24) is 0 Å². The number of alkyl halides is 6. The molecule has 0 saturated carbocycles. The van der Waals surface area contributed by atoms with Gasteiger partial charge in [0.05, 0.1) is 35.8 Å². The monoisotopic (exact) mass is 709 g/mol. The first-order valence-corrected chi connectivity index (χ1v) is 14.7. The van der Waals surface area contributed by atoms with Crippen molar-refractivity contribution in [3.8, 4) is 11.5 Å². The van der Waals surface area contributed by atoms with E-state index in [9.17, 15) is 50.6 Å². The van der Waals surface area contributed by atoms with Crippen LogP contribution < -0.4 is 9.64 Å². The molecule has 2 aromatic rings. The number of ether oxygens (including phenoxy) is 1. The Hall–Kier alpha value is -4.20. The van der Waals surface area contributed by atoms with Crippen LogP contribution in [0.5, 0.6) is 11.5 Å². The fourth-order valence-corrected chi connectivity index (χ4v) is 7.46. The second kappa shape index (κ2) is 10.7. The molecular weight excluding hydrogens is 688 g/mol. The first-order valence-electron chi connectivity index (χ1n) is 13.9. The molecule has 7 nitrogen and oxygen atoms in total. The lowest BCUT2D eigenvalue weighted by atomic mass is 9.59. The Morgan fingerprint density at radius 2 is 1.54 bits per heavy atom. The number of Topliss-reactive ketones (excluding diaryl/α,β-unsaturated/α-hetero) is 1. The molecule has 6 rings (SSSR count). The summed E-state index contributed by atoms with van der Waals surface area (Å²) in [5, 5.41) is 11.2. The number of anilines is 1. The lowest BCUT2D eigenvalue weighted by Gasteiger charge is -2.42. The van der Waals surface area contributed by atoms with Crippen LogP contribution in [-0.4, -0.2) is 35.6 Å². The predicted molar refractivity (Wildman–Crippen MR) is 153 cm³/mol. The number of nitrogens with zero attached hydrogens (tertiary/aromatic N) is 1. The van der Waals surface area contributed by atoms with Crippen molar-refractivity contribution in [3.05, 3.63) is 85.9 Å². The van der Waals surface area contributed by atoms with Crippen molar-refractivity contribution in [2.24, 2.45) is 17.8 Å². The molecule has 46 heavy (non-hydrogen) atoms. The number of phenols is 1. The Morgan fingerprint density at radius 1 is 0.913 bits per heavy atom. The topological polar surface area (TPSA) is 101 Å². The number of rotatable bonds is 3. The van der Waals surface area contributed by atoms with Gasteiger partial charge in [0.15, 0.2) is 23.1 Å². The number of aromatic hydroxyl groups is 1. The maximum atomic E-state index is 14.0. The Labute approximate surface area is 265 Å². The van der Waals surface area contributed by atoms with Gasteiger partial charge in [-0.25, -0.2) is 4.90 Å². The van der Waals surface area contributed by atoms with E-state index in [2.05, 4.69) is 15.9 Å². The molecule has 2 amide bonds. The number of imide groups is 1. The molecule has 240 valence electrons. The predicted octanol–water partition coefficient (Wildman–Crippen LogP) is 6.84. The fourth-order valence-electron chi connectivity index (χ4n) is 7.01. The summed E-state index contributed by atoms with van der Waals surface area (Å²) in [6.45, 7) is 1.46. The average molecular weight is 710 g/mol. The molecule has 0 spiro atoms. The van der Waals surface area contributed by atoms with Gasteiger partial charge in [-0.05, 0) is 62.1 Å². The van der Waals surface area contributed by atoms with Crippen LogP contribution >= 0.6 is 15.9 Å². The third-order valence-corrected chi connectivity index (χ3v) is 9.45. The van der Waals surface area contributed by atoms with Gasteiger partial charge >= 0.3 is 12.4 Å². The van der Waals surface area contributed by atoms with E-state index in [4.69, 9.17) is 4.74 Å². The molecule has 1 aliphatic heterocycles. The highest BCUT2D eigenvalue weighted by Crippen LogP contribution is 2.57. The average Bonchev–Trinajstić information content (AvgIpc) is 3.24. The van der Waals surface area contributed by atoms with Crippen molar-refractivity contribution in [2.75, 3.05) is 12.0 Å². The number of carbonyl (C=O) groups is 4. The van der Waals surface area contributed by atoms with Crippen molar-refractivity contribution in [3.63, 3.8) is 0 Å². The van der Waals surface area contributed by atoms with E-state index in [1.807, 2.05) is 0 Å². The maximum Gasteiger partial charge on any atom is 0.416 e. The van der Waals surface area contributed by atoms with Crippen LogP contribution in [0.4, 0.5) is 32.0 Å². The Morgan fingerprint density at radius 3 is 2.13 bits per heavy atom. The van der Waals surface area contributed by atoms with Crippen LogP contribution in [0.1, 0.15) is 42.4 Å². The molecule has 0 unspecified atom stereocenters. The first kappa shape index (κ1) is 31.8. The Bertz CT molecular complexity index is 1820. The molecule has 1 heterocycles. The van der Waals surface area contributed by atoms with Gasteiger partial charge in [-0.1, -0.05) is 27.6 Å². The summed E-state index contributed by atoms with van der Waals surface area (Å²) in [5.74, 6) is -7.80. The number of methoxy groups -OCH3 is 1. The van der Waals surface area contributed by atoms with Crippen LogP contribution in [0.25, 0.3) is 0 Å². The largest absolute Gasteiger partial charge is 0.504 e. The highest BCUT2D eigenvalue weighted by Gasteiger charge is 2.57. The summed E-state index contributed by atoms with van der Waals surface area (Å²) in [4.78, 5) is 54.9. The number of amides is 2. The lowest BCUT2D eigenvalue weighted by Crippen LogP contribution is -2.40. The number of allylic oxidation sites excluding steroid dienone is 6. The lowest BCUT2D eigenvalue weighted by molar-refractivity contribution is -0.143. The first-order chi connectivity index (χ1) is 21.4. The zero-order chi connectivity index (χ0) is 33.6. The number of ketones is 2. The molecule has 3 aliphatic carbocycles. The van der Waals surface area contributed by atoms with Gasteiger partial charge < -0.3 is 9.84 Å². The zero-order valence-electron chi connectivity index (χ0n) is 23.8. The molecule has 2 aromatic carbocycles. The molecule has 0 radical (unpaired) electrons. The van der Waals surface area contributed by atoms with Crippen molar-refractivity contribution < 1.29 is 55.4 Å². The van der Waals surface area contributed by atoms with Gasteiger partial charge in [0.1, 0.15) is 0 Å². The summed E-state index contributed by atoms with van der Waals surface area (Å²) >= 11 is 3.35. The van der Waals surface area contributed by atoms with E-state index in [1.165, 1.54) is 26.2 Å². The molecule has 1 fully saturated rings. The maximum absolute atomic E-state index is 14.0. The summed E-state index contributed by atoms with van der Waals surface area (Å²) in [6, 6.07) is 3.54. The number of fused-ring (bicyclic) bond motifs is 3. The zero-order valence-corrected chi connectivity index (χ0v) is 25.4. The molecule has 0 bridgehead atoms. The van der Waals surface area contributed by atoms with Crippen LogP contribution in [0, 0.1) is 17.8 Å². The number of hydrogen-bond acceptors (Lipinski definition) is 6. The molecule has 1 saturated heterocycles. The Kier molecular flexibility index (Phi) is 7.37. The number of phenolic OH excluding ortho intramolecular Hbond substituents is 1. The molecular formula is C32H22BrF6NO6. The van der Waals surface area contributed by atoms with Crippen LogP contribution in [-0.2, 0) is 31.5 Å². The third-order valence-electron chi connectivity index (χ3n) is 9.00. The molecule has 14 heteroatoms. The number of carbonyl (C=O) groups excluding carboxylic acids is 4. The fraction of sp³-hybridized carbons (Fsp3) is 0.312. The van der Waals surface area contributed by atoms with E-state index in [0.717, 1.165) is 6.08 Å². The second-order valence-corrected chi connectivity index (χ2v) is 12.5. The highest BCUT2D eigenvalue weighted by atomic mass is 79.9. The van der Waals surface area contributed by atoms with Gasteiger partial charge in [-0.15, -0.1) is 0 Å². The smallest absolute Gasteiger partial charge is 0.416 e. The summed E-state index contributed by atoms with van der Waals surface area (Å²) < 4.78 is 87.6. The molecule has 0 aromatic heterocycles. The van der Waals surface area contributed by atoms with E-state index >= 15 is 0 Å². The summed E-state index contributed by atoms with van der Waals surface area (Å²) in [6.07, 6.45) is -8.01. The van der Waals surface area contributed by atoms with Gasteiger partial charge in [0.2, 0.25) is 11.8 Å². The summed E-state index contributed by atoms with van der Waals surface area (Å²) in [7, 11) is 1.31. The quantitative estimate of drug-likeness (QED) is 0.162. The van der Waals surface area contributed by atoms with Crippen molar-refractivity contribution in [1.29, 1.82) is 0 Å². The second-order valence-electron chi connectivity index (χ2n) is 11.6. The standard InChI is InChI=1S/C32H22BrF6NO6/c1-12-5-22(41)20-11-19-17(24(26(20)27(12)42)21-9-15(33)10-23(46-2)28(21)43)3-4-18-25(19)30(45)40(29(18)44)16-7-13(31(34,35)36)6-14(8-16)32(37,38)39/h3,5-10,18-19,24-25,43H,4,11H2,1-2H3/t18-,19+,24+,25-/m0/s1. The molecule has 4 atom stereocenters. The van der Waals surface area contributed by atoms with E-state index < -0.39 is 76.2 Å². The Balaban J connectivity index is 1.51. The SMILES string of the molecule is COc1cc(Br)cc([C@H]2C3=CC[C@@H]4C(=O)N(c5cc(C(F)(F)F)cc(C(F)(F)F)c5)C(=O)[C@@H]4[C@@H]3CC3=C2C(=O)C(C)=CC3=O)c1O. The third kappa shape index (κ3) is 4.88. The van der Waals surface area contributed by atoms with Gasteiger partial charge in [-0.3, -0.25) is 19.2 Å². The van der Waals surface area contributed by atoms with Crippen LogP contribution in [0.15, 0.2) is 69.2 Å². The van der Waals surface area contributed by atoms with Gasteiger partial charge in [0, 0.05) is 32.7 Å². The van der Waals surface area contributed by atoms with Crippen molar-refractivity contribution >= 4 is 45.0 Å². The number of benzene rings is 2. The van der Waals surface area contributed by atoms with E-state index in [-0.39, 0.29) is 52.7 Å². The minimum atomic E-state index is -5.21. The minimum Gasteiger partial charge on any atom is -0.504 e. The highest BCUT2D eigenvalue weighted by molar-refractivity contribution is 9.10. The van der Waals surface area contributed by atoms with Crippen molar-refractivity contribution in [2.45, 2.75) is 38.0 Å². The van der Waals surface area contributed by atoms with E-state index in [1.54, 1.807) is 6.08 Å². The van der Waals surface area contributed by atoms with Gasteiger partial charge in [0.25, 0.3) is 0 Å². The molecule has 4 aliphatic rings. The van der Waals surface area contributed by atoms with Crippen LogP contribution in [0.3, 0.4) is 0 Å². The van der Waals surface area contributed by atoms with Gasteiger partial charge in [-0.2, -0.15) is 26.3 Å². The summed E-state index contributed by atoms with van der Waals surface area (Å²) in [5.41, 5.74) is -3.43. The minimum absolute atomic E-state index is 0.0353.